The van der Waals surface area contributed by atoms with Crippen molar-refractivity contribution in [2.24, 2.45) is 0 Å². The minimum Gasteiger partial charge on any atom is -0.107 e. The van der Waals surface area contributed by atoms with Gasteiger partial charge in [0.2, 0.25) is 0 Å². The van der Waals surface area contributed by atoms with Crippen LogP contribution in [0.25, 0.3) is 0 Å². The van der Waals surface area contributed by atoms with Crippen molar-refractivity contribution in [2.75, 3.05) is 0 Å². The Morgan fingerprint density at radius 2 is 1.31 bits per heavy atom. The minimum absolute atomic E-state index is 1.23. The van der Waals surface area contributed by atoms with E-state index in [1.54, 1.807) is 11.8 Å². The number of allylic oxidation sites excluding steroid dienone is 2. The highest BCUT2D eigenvalue weighted by atomic mass is 32.2. The molecule has 0 aliphatic heterocycles. The minimum atomic E-state index is 1.23. The van der Waals surface area contributed by atoms with Crippen LogP contribution >= 0.6 is 11.8 Å². The summed E-state index contributed by atoms with van der Waals surface area (Å²) in [6.07, 6.45) is 12.2. The lowest BCUT2D eigenvalue weighted by Gasteiger charge is -1.88. The summed E-state index contributed by atoms with van der Waals surface area (Å²) in [5.74, 6) is 0. The molecule has 0 saturated carbocycles. The van der Waals surface area contributed by atoms with E-state index in [4.69, 9.17) is 0 Å². The van der Waals surface area contributed by atoms with Gasteiger partial charge in [0.25, 0.3) is 0 Å². The summed E-state index contributed by atoms with van der Waals surface area (Å²) in [5.41, 5.74) is 0. The molecule has 0 heterocycles. The van der Waals surface area contributed by atoms with Crippen LogP contribution in [0.3, 0.4) is 0 Å². The largest absolute Gasteiger partial charge is 0.107 e. The summed E-state index contributed by atoms with van der Waals surface area (Å²) in [6.45, 7) is 4.46. The Bertz CT molecular complexity index is 120. The Hall–Kier alpha value is -0.170. The fourth-order valence-corrected chi connectivity index (χ4v) is 1.52. The molecule has 0 saturated heterocycles. The van der Waals surface area contributed by atoms with Crippen molar-refractivity contribution in [3.8, 4) is 0 Å². The Kier molecular flexibility index (Phi) is 11.7. The molecule has 0 unspecified atom stereocenters. The van der Waals surface area contributed by atoms with Crippen molar-refractivity contribution in [1.29, 1.82) is 0 Å². The van der Waals surface area contributed by atoms with E-state index in [0.717, 1.165) is 0 Å². The fraction of sp³-hybridized carbons (Fsp3) is 0.667. The van der Waals surface area contributed by atoms with Crippen LogP contribution in [-0.2, 0) is 0 Å². The highest BCUT2D eigenvalue weighted by molar-refractivity contribution is 8.04. The second kappa shape index (κ2) is 11.8. The predicted octanol–water partition coefficient (Wildman–Crippen LogP) is 5.13. The van der Waals surface area contributed by atoms with E-state index in [-0.39, 0.29) is 0 Å². The Balaban J connectivity index is 3.13. The smallest absolute Gasteiger partial charge is 0.0288 e. The van der Waals surface area contributed by atoms with Gasteiger partial charge in [-0.3, -0.25) is 0 Å². The molecule has 0 N–H and O–H groups in total. The molecule has 1 heteroatoms. The molecular weight excluding hydrogens is 176 g/mol. The summed E-state index contributed by atoms with van der Waals surface area (Å²) in [6, 6.07) is 0. The maximum Gasteiger partial charge on any atom is -0.0288 e. The molecule has 0 bridgehead atoms. The van der Waals surface area contributed by atoms with Gasteiger partial charge in [-0.25, -0.2) is 0 Å². The second-order valence-corrected chi connectivity index (χ2v) is 3.98. The monoisotopic (exact) mass is 198 g/mol. The second-order valence-electron chi connectivity index (χ2n) is 3.16. The number of hydrogen-bond donors (Lipinski definition) is 0. The lowest BCUT2D eigenvalue weighted by atomic mass is 10.2. The van der Waals surface area contributed by atoms with Gasteiger partial charge in [0, 0.05) is 0 Å². The van der Waals surface area contributed by atoms with E-state index in [1.165, 1.54) is 38.5 Å². The van der Waals surface area contributed by atoms with Crippen molar-refractivity contribution in [3.05, 3.63) is 23.0 Å². The van der Waals surface area contributed by atoms with Crippen LogP contribution in [0, 0.1) is 0 Å². The van der Waals surface area contributed by atoms with Gasteiger partial charge in [-0.2, -0.15) is 0 Å². The quantitative estimate of drug-likeness (QED) is 0.487. The van der Waals surface area contributed by atoms with Crippen molar-refractivity contribution in [2.45, 2.75) is 52.4 Å². The SMILES string of the molecule is CCCCC=CSC=CCCCC. The van der Waals surface area contributed by atoms with E-state index in [0.29, 0.717) is 0 Å². The zero-order valence-electron chi connectivity index (χ0n) is 8.96. The summed E-state index contributed by atoms with van der Waals surface area (Å²) < 4.78 is 0. The van der Waals surface area contributed by atoms with Gasteiger partial charge in [0.1, 0.15) is 0 Å². The van der Waals surface area contributed by atoms with Crippen molar-refractivity contribution in [3.63, 3.8) is 0 Å². The third kappa shape index (κ3) is 11.8. The normalized spacial score (nSPS) is 11.8. The first-order valence-electron chi connectivity index (χ1n) is 5.37. The predicted molar refractivity (Wildman–Crippen MR) is 64.9 cm³/mol. The van der Waals surface area contributed by atoms with Crippen LogP contribution in [0.2, 0.25) is 0 Å². The van der Waals surface area contributed by atoms with Gasteiger partial charge < -0.3 is 0 Å². The lowest BCUT2D eigenvalue weighted by molar-refractivity contribution is 0.815. The van der Waals surface area contributed by atoms with Gasteiger partial charge in [0.15, 0.2) is 0 Å². The topological polar surface area (TPSA) is 0 Å². The van der Waals surface area contributed by atoms with Crippen LogP contribution in [0.1, 0.15) is 52.4 Å². The molecule has 0 atom stereocenters. The molecular formula is C12H22S. The summed E-state index contributed by atoms with van der Waals surface area (Å²) >= 11 is 1.79. The van der Waals surface area contributed by atoms with E-state index < -0.39 is 0 Å². The molecule has 0 aromatic carbocycles. The number of rotatable bonds is 8. The van der Waals surface area contributed by atoms with Crippen LogP contribution in [0.5, 0.6) is 0 Å². The van der Waals surface area contributed by atoms with Gasteiger partial charge in [-0.1, -0.05) is 51.7 Å². The van der Waals surface area contributed by atoms with Crippen molar-refractivity contribution in [1.82, 2.24) is 0 Å². The lowest BCUT2D eigenvalue weighted by Crippen LogP contribution is -1.65. The van der Waals surface area contributed by atoms with Crippen LogP contribution in [0.15, 0.2) is 23.0 Å². The maximum absolute atomic E-state index is 2.26. The molecule has 0 aliphatic carbocycles. The molecule has 0 spiro atoms. The summed E-state index contributed by atoms with van der Waals surface area (Å²) in [7, 11) is 0. The highest BCUT2D eigenvalue weighted by Gasteiger charge is 1.78. The summed E-state index contributed by atoms with van der Waals surface area (Å²) in [4.78, 5) is 0. The number of hydrogen-bond acceptors (Lipinski definition) is 1. The first-order valence-corrected chi connectivity index (χ1v) is 6.31. The number of unbranched alkanes of at least 4 members (excludes halogenated alkanes) is 4. The maximum atomic E-state index is 2.26. The third-order valence-electron chi connectivity index (χ3n) is 1.80. The molecule has 0 fully saturated rings. The van der Waals surface area contributed by atoms with Crippen LogP contribution < -0.4 is 0 Å². The molecule has 0 radical (unpaired) electrons. The van der Waals surface area contributed by atoms with Gasteiger partial charge in [-0.05, 0) is 23.7 Å². The Morgan fingerprint density at radius 3 is 1.69 bits per heavy atom. The van der Waals surface area contributed by atoms with E-state index in [2.05, 4.69) is 36.8 Å². The molecule has 0 rings (SSSR count). The Morgan fingerprint density at radius 1 is 0.846 bits per heavy atom. The fourth-order valence-electron chi connectivity index (χ4n) is 0.937. The number of thioether (sulfide) groups is 1. The average Bonchev–Trinajstić information content (AvgIpc) is 2.16. The molecule has 0 aromatic heterocycles. The summed E-state index contributed by atoms with van der Waals surface area (Å²) in [5, 5.41) is 4.39. The first-order chi connectivity index (χ1) is 6.41. The third-order valence-corrected chi connectivity index (χ3v) is 2.50. The molecule has 0 nitrogen and oxygen atoms in total. The van der Waals surface area contributed by atoms with Crippen LogP contribution in [-0.4, -0.2) is 0 Å². The van der Waals surface area contributed by atoms with Gasteiger partial charge >= 0.3 is 0 Å². The first kappa shape index (κ1) is 12.8. The van der Waals surface area contributed by atoms with Crippen LogP contribution in [0.4, 0.5) is 0 Å². The molecule has 0 amide bonds. The Labute approximate surface area is 87.5 Å². The average molecular weight is 198 g/mol. The molecule has 0 aliphatic rings. The molecule has 13 heavy (non-hydrogen) atoms. The van der Waals surface area contributed by atoms with Gasteiger partial charge in [0.05, 0.1) is 0 Å². The standard InChI is InChI=1S/C12H22S/c1-3-5-7-9-11-13-12-10-8-6-4-2/h9-12H,3-8H2,1-2H3. The molecule has 76 valence electrons. The highest BCUT2D eigenvalue weighted by Crippen LogP contribution is 2.07. The molecule has 0 aromatic rings. The van der Waals surface area contributed by atoms with Gasteiger partial charge in [-0.15, -0.1) is 11.8 Å². The van der Waals surface area contributed by atoms with Crippen molar-refractivity contribution >= 4 is 11.8 Å². The zero-order chi connectivity index (χ0) is 9.78. The van der Waals surface area contributed by atoms with Crippen molar-refractivity contribution < 1.29 is 0 Å². The van der Waals surface area contributed by atoms with E-state index >= 15 is 0 Å². The van der Waals surface area contributed by atoms with E-state index in [9.17, 15) is 0 Å². The van der Waals surface area contributed by atoms with E-state index in [1.807, 2.05) is 0 Å². The zero-order valence-corrected chi connectivity index (χ0v) is 9.78.